The van der Waals surface area contributed by atoms with E-state index in [9.17, 15) is 0 Å². The van der Waals surface area contributed by atoms with Gasteiger partial charge in [0.2, 0.25) is 0 Å². The maximum Gasteiger partial charge on any atom is 0.172 e. The SMILES string of the molecule is c1ccc(-c2ccc(N(c3cccc(-c4ccccc4)c3)c3ccc4c(c3)Oc3cc5c(cc3O4)-c3ccccc3C53c4ccccc4-c4ccccc43)cc2)cc1. The van der Waals surface area contributed by atoms with Gasteiger partial charge in [-0.25, -0.2) is 0 Å². The lowest BCUT2D eigenvalue weighted by Crippen LogP contribution is -2.25. The predicted molar refractivity (Wildman–Crippen MR) is 235 cm³/mol. The minimum absolute atomic E-state index is 0.466. The molecule has 1 aliphatic heterocycles. The molecule has 3 nitrogen and oxygen atoms in total. The van der Waals surface area contributed by atoms with Gasteiger partial charge in [-0.1, -0.05) is 158 Å². The van der Waals surface area contributed by atoms with E-state index in [1.807, 2.05) is 6.07 Å². The fraction of sp³-hybridized carbons (Fsp3) is 0.0182. The summed E-state index contributed by atoms with van der Waals surface area (Å²) in [5, 5.41) is 0. The number of ether oxygens (including phenoxy) is 2. The normalized spacial score (nSPS) is 13.2. The molecule has 0 aromatic heterocycles. The van der Waals surface area contributed by atoms with Crippen LogP contribution in [0.5, 0.6) is 23.0 Å². The van der Waals surface area contributed by atoms with E-state index in [-0.39, 0.29) is 0 Å². The second-order valence-electron chi connectivity index (χ2n) is 15.2. The van der Waals surface area contributed by atoms with Gasteiger partial charge in [0.05, 0.1) is 11.1 Å². The summed E-state index contributed by atoms with van der Waals surface area (Å²) in [4.78, 5) is 2.29. The molecule has 272 valence electrons. The van der Waals surface area contributed by atoms with Crippen molar-refractivity contribution >= 4 is 17.1 Å². The lowest BCUT2D eigenvalue weighted by molar-refractivity contribution is 0.359. The van der Waals surface area contributed by atoms with Crippen molar-refractivity contribution in [3.63, 3.8) is 0 Å². The summed E-state index contributed by atoms with van der Waals surface area (Å²) < 4.78 is 13.7. The summed E-state index contributed by atoms with van der Waals surface area (Å²) >= 11 is 0. The largest absolute Gasteiger partial charge is 0.449 e. The first kappa shape index (κ1) is 32.6. The molecule has 0 amide bonds. The Labute approximate surface area is 337 Å². The molecule has 1 heterocycles. The monoisotopic (exact) mass is 741 g/mol. The van der Waals surface area contributed by atoms with Crippen molar-refractivity contribution in [2.45, 2.75) is 5.41 Å². The second-order valence-corrected chi connectivity index (χ2v) is 15.2. The van der Waals surface area contributed by atoms with Crippen LogP contribution < -0.4 is 14.4 Å². The molecule has 0 N–H and O–H groups in total. The summed E-state index contributed by atoms with van der Waals surface area (Å²) in [6.45, 7) is 0. The first-order chi connectivity index (χ1) is 28.7. The molecular weight excluding hydrogens is 707 g/mol. The van der Waals surface area contributed by atoms with Crippen molar-refractivity contribution < 1.29 is 9.47 Å². The fourth-order valence-electron chi connectivity index (χ4n) is 9.63. The predicted octanol–water partition coefficient (Wildman–Crippen LogP) is 14.7. The molecule has 1 spiro atoms. The van der Waals surface area contributed by atoms with Crippen LogP contribution in [0.25, 0.3) is 44.5 Å². The van der Waals surface area contributed by atoms with Gasteiger partial charge in [-0.2, -0.15) is 0 Å². The average Bonchev–Trinajstić information content (AvgIpc) is 3.75. The topological polar surface area (TPSA) is 21.7 Å². The van der Waals surface area contributed by atoms with Crippen LogP contribution in [-0.4, -0.2) is 0 Å². The highest BCUT2D eigenvalue weighted by Crippen LogP contribution is 2.64. The molecule has 0 atom stereocenters. The smallest absolute Gasteiger partial charge is 0.172 e. The van der Waals surface area contributed by atoms with E-state index < -0.39 is 5.41 Å². The lowest BCUT2D eigenvalue weighted by atomic mass is 9.70. The molecule has 2 aliphatic carbocycles. The minimum atomic E-state index is -0.466. The third kappa shape index (κ3) is 4.80. The zero-order chi connectivity index (χ0) is 38.2. The van der Waals surface area contributed by atoms with Crippen molar-refractivity contribution in [2.75, 3.05) is 4.90 Å². The number of benzene rings is 9. The molecule has 0 radical (unpaired) electrons. The van der Waals surface area contributed by atoms with Gasteiger partial charge in [-0.3, -0.25) is 0 Å². The first-order valence-electron chi connectivity index (χ1n) is 19.8. The molecule has 9 aromatic rings. The maximum absolute atomic E-state index is 6.96. The van der Waals surface area contributed by atoms with Crippen LogP contribution in [0.1, 0.15) is 22.3 Å². The Morgan fingerprint density at radius 3 is 1.40 bits per heavy atom. The Kier molecular flexibility index (Phi) is 7.14. The Morgan fingerprint density at radius 1 is 0.276 bits per heavy atom. The zero-order valence-corrected chi connectivity index (χ0v) is 31.5. The number of fused-ring (bicyclic) bond motifs is 12. The van der Waals surface area contributed by atoms with Crippen LogP contribution in [0.15, 0.2) is 212 Å². The van der Waals surface area contributed by atoms with Crippen molar-refractivity contribution in [2.24, 2.45) is 0 Å². The van der Waals surface area contributed by atoms with E-state index in [1.54, 1.807) is 0 Å². The van der Waals surface area contributed by atoms with Crippen molar-refractivity contribution in [1.29, 1.82) is 0 Å². The van der Waals surface area contributed by atoms with Crippen LogP contribution in [0.3, 0.4) is 0 Å². The molecule has 58 heavy (non-hydrogen) atoms. The minimum Gasteiger partial charge on any atom is -0.449 e. The van der Waals surface area contributed by atoms with Gasteiger partial charge in [-0.15, -0.1) is 0 Å². The highest BCUT2D eigenvalue weighted by Gasteiger charge is 2.52. The van der Waals surface area contributed by atoms with Gasteiger partial charge in [0.1, 0.15) is 0 Å². The Hall–Kier alpha value is -7.62. The number of rotatable bonds is 5. The fourth-order valence-corrected chi connectivity index (χ4v) is 9.63. The molecule has 0 saturated heterocycles. The molecule has 0 bridgehead atoms. The van der Waals surface area contributed by atoms with Crippen LogP contribution in [0.4, 0.5) is 17.1 Å². The molecule has 0 unspecified atom stereocenters. The van der Waals surface area contributed by atoms with E-state index in [1.165, 1.54) is 61.2 Å². The molecule has 0 fully saturated rings. The van der Waals surface area contributed by atoms with Gasteiger partial charge in [0.25, 0.3) is 0 Å². The maximum atomic E-state index is 6.96. The number of nitrogens with zero attached hydrogens (tertiary/aromatic N) is 1. The molecule has 0 saturated carbocycles. The quantitative estimate of drug-likeness (QED) is 0.175. The highest BCUT2D eigenvalue weighted by atomic mass is 16.6. The standard InChI is InChI=1S/C55H35NO2/c1-3-14-36(15-4-1)38-26-28-40(29-27-38)56(41-19-13-18-39(32-41)37-16-5-2-6-17-37)42-30-31-51-52(33-42)58-54-35-50-46(34-53(54)57-51)45-22-9-12-25-49(45)55(50)47-23-10-7-20-43(47)44-21-8-11-24-48(44)55/h1-35H. The van der Waals surface area contributed by atoms with Crippen LogP contribution in [0, 0.1) is 0 Å². The van der Waals surface area contributed by atoms with Crippen LogP contribution in [-0.2, 0) is 5.41 Å². The first-order valence-corrected chi connectivity index (χ1v) is 19.8. The number of hydrogen-bond donors (Lipinski definition) is 0. The van der Waals surface area contributed by atoms with E-state index in [0.29, 0.717) is 23.0 Å². The average molecular weight is 742 g/mol. The summed E-state index contributed by atoms with van der Waals surface area (Å²) in [5.74, 6) is 2.79. The summed E-state index contributed by atoms with van der Waals surface area (Å²) in [7, 11) is 0. The molecule has 9 aromatic carbocycles. The van der Waals surface area contributed by atoms with E-state index in [2.05, 4.69) is 211 Å². The molecule has 3 heteroatoms. The Morgan fingerprint density at radius 2 is 0.741 bits per heavy atom. The van der Waals surface area contributed by atoms with E-state index in [4.69, 9.17) is 9.47 Å². The van der Waals surface area contributed by atoms with Crippen LogP contribution >= 0.6 is 0 Å². The summed E-state index contributed by atoms with van der Waals surface area (Å²) in [6, 6.07) is 75.8. The van der Waals surface area contributed by atoms with Crippen molar-refractivity contribution in [3.05, 3.63) is 235 Å². The highest BCUT2D eigenvalue weighted by molar-refractivity contribution is 5.96. The number of anilines is 3. The molecular formula is C55H35NO2. The molecule has 3 aliphatic rings. The Balaban J connectivity index is 0.985. The Bertz CT molecular complexity index is 3020. The van der Waals surface area contributed by atoms with Crippen molar-refractivity contribution in [1.82, 2.24) is 0 Å². The third-order valence-corrected chi connectivity index (χ3v) is 12.1. The van der Waals surface area contributed by atoms with Gasteiger partial charge < -0.3 is 14.4 Å². The van der Waals surface area contributed by atoms with Crippen molar-refractivity contribution in [3.8, 4) is 67.5 Å². The zero-order valence-electron chi connectivity index (χ0n) is 31.5. The summed E-state index contributed by atoms with van der Waals surface area (Å²) in [6.07, 6.45) is 0. The lowest BCUT2D eigenvalue weighted by Gasteiger charge is -2.31. The van der Waals surface area contributed by atoms with Crippen LogP contribution in [0.2, 0.25) is 0 Å². The van der Waals surface area contributed by atoms with Gasteiger partial charge in [-0.05, 0) is 115 Å². The van der Waals surface area contributed by atoms with E-state index in [0.717, 1.165) is 22.6 Å². The van der Waals surface area contributed by atoms with Gasteiger partial charge in [0, 0.05) is 17.4 Å². The molecule has 12 rings (SSSR count). The van der Waals surface area contributed by atoms with Gasteiger partial charge in [0.15, 0.2) is 23.0 Å². The number of hydrogen-bond acceptors (Lipinski definition) is 3. The van der Waals surface area contributed by atoms with Gasteiger partial charge >= 0.3 is 0 Å². The van der Waals surface area contributed by atoms with E-state index >= 15 is 0 Å². The second kappa shape index (κ2) is 12.7. The third-order valence-electron chi connectivity index (χ3n) is 12.1. The summed E-state index contributed by atoms with van der Waals surface area (Å²) in [5.41, 5.74) is 17.3.